The zero-order chi connectivity index (χ0) is 12.9. The number of β-amino-alcohol motifs (C(OH)–C–C–N with tert-alkyl or cyclic N) is 1. The summed E-state index contributed by atoms with van der Waals surface area (Å²) in [6, 6.07) is 0.569. The molecule has 0 saturated carbocycles. The number of hydrogen-bond acceptors (Lipinski definition) is 3. The van der Waals surface area contributed by atoms with Gasteiger partial charge in [0, 0.05) is 12.6 Å². The van der Waals surface area contributed by atoms with E-state index in [4.69, 9.17) is 11.2 Å². The highest BCUT2D eigenvalue weighted by molar-refractivity contribution is 5.02. The molecule has 0 bridgehead atoms. The molecule has 3 nitrogen and oxygen atoms in total. The van der Waals surface area contributed by atoms with E-state index in [1.165, 1.54) is 19.3 Å². The van der Waals surface area contributed by atoms with Crippen molar-refractivity contribution >= 4 is 0 Å². The van der Waals surface area contributed by atoms with Crippen LogP contribution in [0, 0.1) is 12.3 Å². The van der Waals surface area contributed by atoms with Gasteiger partial charge in [-0.25, -0.2) is 0 Å². The molecule has 0 spiro atoms. The minimum Gasteiger partial charge on any atom is -0.389 e. The Morgan fingerprint density at radius 1 is 1.53 bits per heavy atom. The van der Waals surface area contributed by atoms with Crippen LogP contribution in [0.25, 0.3) is 0 Å². The molecule has 1 aliphatic rings. The van der Waals surface area contributed by atoms with Crippen molar-refractivity contribution in [3.05, 3.63) is 0 Å². The maximum Gasteiger partial charge on any atom is 0.122 e. The lowest BCUT2D eigenvalue weighted by atomic mass is 10.0. The summed E-state index contributed by atoms with van der Waals surface area (Å²) in [5, 5.41) is 9.94. The topological polar surface area (TPSA) is 32.7 Å². The lowest BCUT2D eigenvalue weighted by molar-refractivity contribution is -0.0427. The maximum absolute atomic E-state index is 9.94. The van der Waals surface area contributed by atoms with Gasteiger partial charge in [-0.05, 0) is 40.2 Å². The highest BCUT2D eigenvalue weighted by Gasteiger charge is 2.22. The molecule has 1 fully saturated rings. The van der Waals surface area contributed by atoms with Crippen molar-refractivity contribution in [1.82, 2.24) is 4.90 Å². The zero-order valence-corrected chi connectivity index (χ0v) is 11.3. The van der Waals surface area contributed by atoms with Gasteiger partial charge in [-0.15, -0.1) is 6.42 Å². The SMILES string of the molecule is C#CC(C)(C)OCC(O)CN1CCCCC1C. The Morgan fingerprint density at radius 2 is 2.24 bits per heavy atom. The van der Waals surface area contributed by atoms with Crippen LogP contribution in [0.1, 0.15) is 40.0 Å². The Morgan fingerprint density at radius 3 is 2.82 bits per heavy atom. The van der Waals surface area contributed by atoms with Gasteiger partial charge >= 0.3 is 0 Å². The normalized spacial score (nSPS) is 24.3. The molecule has 2 atom stereocenters. The Labute approximate surface area is 105 Å². The van der Waals surface area contributed by atoms with Crippen LogP contribution < -0.4 is 0 Å². The average Bonchev–Trinajstić information content (AvgIpc) is 2.30. The second-order valence-corrected chi connectivity index (χ2v) is 5.46. The predicted octanol–water partition coefficient (Wildman–Crippen LogP) is 1.65. The quantitative estimate of drug-likeness (QED) is 0.741. The number of nitrogens with zero attached hydrogens (tertiary/aromatic N) is 1. The van der Waals surface area contributed by atoms with Crippen molar-refractivity contribution in [2.45, 2.75) is 57.8 Å². The average molecular weight is 239 g/mol. The first-order chi connectivity index (χ1) is 7.94. The molecule has 1 N–H and O–H groups in total. The van der Waals surface area contributed by atoms with E-state index in [-0.39, 0.29) is 0 Å². The fourth-order valence-electron chi connectivity index (χ4n) is 2.10. The lowest BCUT2D eigenvalue weighted by Crippen LogP contribution is -2.44. The van der Waals surface area contributed by atoms with E-state index in [1.807, 2.05) is 13.8 Å². The van der Waals surface area contributed by atoms with Gasteiger partial charge in [-0.2, -0.15) is 0 Å². The second kappa shape index (κ2) is 6.39. The van der Waals surface area contributed by atoms with Crippen molar-refractivity contribution in [1.29, 1.82) is 0 Å². The van der Waals surface area contributed by atoms with E-state index < -0.39 is 11.7 Å². The third-order valence-corrected chi connectivity index (χ3v) is 3.37. The molecule has 0 aromatic rings. The number of terminal acetylenes is 1. The standard InChI is InChI=1S/C14H25NO2/c1-5-14(3,4)17-11-13(16)10-15-9-7-6-8-12(15)2/h1,12-13,16H,6-11H2,2-4H3. The van der Waals surface area contributed by atoms with E-state index in [9.17, 15) is 5.11 Å². The summed E-state index contributed by atoms with van der Waals surface area (Å²) in [5.74, 6) is 2.56. The van der Waals surface area contributed by atoms with Gasteiger partial charge in [0.2, 0.25) is 0 Å². The predicted molar refractivity (Wildman–Crippen MR) is 69.8 cm³/mol. The number of rotatable bonds is 5. The largest absolute Gasteiger partial charge is 0.389 e. The van der Waals surface area contributed by atoms with Crippen LogP contribution >= 0.6 is 0 Å². The molecule has 0 radical (unpaired) electrons. The monoisotopic (exact) mass is 239 g/mol. The number of likely N-dealkylation sites (tertiary alicyclic amines) is 1. The molecular weight excluding hydrogens is 214 g/mol. The Balaban J connectivity index is 2.29. The third kappa shape index (κ3) is 5.08. The molecule has 1 rings (SSSR count). The number of hydrogen-bond donors (Lipinski definition) is 1. The Kier molecular flexibility index (Phi) is 5.45. The molecule has 1 saturated heterocycles. The molecule has 0 aromatic heterocycles. The molecule has 0 aliphatic carbocycles. The van der Waals surface area contributed by atoms with Gasteiger partial charge in [-0.1, -0.05) is 12.3 Å². The second-order valence-electron chi connectivity index (χ2n) is 5.46. The lowest BCUT2D eigenvalue weighted by Gasteiger charge is -2.35. The first-order valence-corrected chi connectivity index (χ1v) is 6.48. The highest BCUT2D eigenvalue weighted by Crippen LogP contribution is 2.17. The van der Waals surface area contributed by atoms with E-state index in [0.29, 0.717) is 19.2 Å². The summed E-state index contributed by atoms with van der Waals surface area (Å²) >= 11 is 0. The summed E-state index contributed by atoms with van der Waals surface area (Å²) in [6.07, 6.45) is 8.63. The van der Waals surface area contributed by atoms with Gasteiger partial charge in [0.1, 0.15) is 5.60 Å². The van der Waals surface area contributed by atoms with Gasteiger partial charge in [0.15, 0.2) is 0 Å². The minimum absolute atomic E-state index is 0.306. The van der Waals surface area contributed by atoms with Crippen LogP contribution in [0.2, 0.25) is 0 Å². The minimum atomic E-state index is -0.589. The van der Waals surface area contributed by atoms with E-state index >= 15 is 0 Å². The Hall–Kier alpha value is -0.560. The van der Waals surface area contributed by atoms with Crippen molar-refractivity contribution in [3.8, 4) is 12.3 Å². The fourth-order valence-corrected chi connectivity index (χ4v) is 2.10. The number of aliphatic hydroxyl groups is 1. The molecular formula is C14H25NO2. The summed E-state index contributed by atoms with van der Waals surface area (Å²) in [7, 11) is 0. The van der Waals surface area contributed by atoms with Gasteiger partial charge in [-0.3, -0.25) is 4.90 Å². The summed E-state index contributed by atoms with van der Waals surface area (Å²) in [4.78, 5) is 2.33. The number of piperidine rings is 1. The summed E-state index contributed by atoms with van der Waals surface area (Å²) in [6.45, 7) is 7.96. The van der Waals surface area contributed by atoms with Crippen LogP contribution in [0.15, 0.2) is 0 Å². The van der Waals surface area contributed by atoms with E-state index in [1.54, 1.807) is 0 Å². The molecule has 1 aliphatic heterocycles. The van der Waals surface area contributed by atoms with E-state index in [2.05, 4.69) is 17.7 Å². The fraction of sp³-hybridized carbons (Fsp3) is 0.857. The Bertz CT molecular complexity index is 270. The summed E-state index contributed by atoms with van der Waals surface area (Å²) in [5.41, 5.74) is -0.589. The first kappa shape index (κ1) is 14.5. The molecule has 0 amide bonds. The van der Waals surface area contributed by atoms with Crippen LogP contribution in [0.3, 0.4) is 0 Å². The number of aliphatic hydroxyl groups excluding tert-OH is 1. The van der Waals surface area contributed by atoms with Crippen LogP contribution in [0.5, 0.6) is 0 Å². The van der Waals surface area contributed by atoms with Crippen LogP contribution in [0.4, 0.5) is 0 Å². The van der Waals surface area contributed by atoms with Gasteiger partial charge in [0.25, 0.3) is 0 Å². The van der Waals surface area contributed by atoms with E-state index in [0.717, 1.165) is 6.54 Å². The molecule has 1 heterocycles. The van der Waals surface area contributed by atoms with Gasteiger partial charge in [0.05, 0.1) is 12.7 Å². The molecule has 17 heavy (non-hydrogen) atoms. The van der Waals surface area contributed by atoms with Crippen molar-refractivity contribution in [2.75, 3.05) is 19.7 Å². The molecule has 0 aromatic carbocycles. The third-order valence-electron chi connectivity index (χ3n) is 3.37. The smallest absolute Gasteiger partial charge is 0.122 e. The molecule has 3 heteroatoms. The molecule has 2 unspecified atom stereocenters. The number of ether oxygens (including phenoxy) is 1. The van der Waals surface area contributed by atoms with Crippen LogP contribution in [-0.2, 0) is 4.74 Å². The van der Waals surface area contributed by atoms with Gasteiger partial charge < -0.3 is 9.84 Å². The van der Waals surface area contributed by atoms with Crippen LogP contribution in [-0.4, -0.2) is 47.4 Å². The zero-order valence-electron chi connectivity index (χ0n) is 11.3. The van der Waals surface area contributed by atoms with Crippen molar-refractivity contribution in [3.63, 3.8) is 0 Å². The molecule has 98 valence electrons. The summed E-state index contributed by atoms with van der Waals surface area (Å²) < 4.78 is 5.50. The van der Waals surface area contributed by atoms with Crippen molar-refractivity contribution in [2.24, 2.45) is 0 Å². The first-order valence-electron chi connectivity index (χ1n) is 6.48. The maximum atomic E-state index is 9.94. The van der Waals surface area contributed by atoms with Crippen molar-refractivity contribution < 1.29 is 9.84 Å². The highest BCUT2D eigenvalue weighted by atomic mass is 16.5.